The first-order chi connectivity index (χ1) is 9.06. The monoisotopic (exact) mass is 268 g/mol. The van der Waals surface area contributed by atoms with Crippen molar-refractivity contribution in [3.8, 4) is 0 Å². The largest absolute Gasteiger partial charge is 0.461 e. The number of hydrogen-bond donors (Lipinski definition) is 2. The molecule has 0 aromatic rings. The molecule has 1 atom stereocenters. The predicted molar refractivity (Wildman–Crippen MR) is 66.1 cm³/mol. The van der Waals surface area contributed by atoms with Crippen molar-refractivity contribution >= 4 is 18.0 Å². The van der Waals surface area contributed by atoms with Crippen LogP contribution in [0.3, 0.4) is 0 Å². The summed E-state index contributed by atoms with van der Waals surface area (Å²) >= 11 is 0. The molecule has 0 aromatic heterocycles. The highest BCUT2D eigenvalue weighted by Crippen LogP contribution is 2.19. The number of nitrogens with one attached hydrogen (secondary N) is 2. The fourth-order valence-corrected chi connectivity index (χ4v) is 1.38. The lowest BCUT2D eigenvalue weighted by atomic mass is 10.0. The highest BCUT2D eigenvalue weighted by Gasteiger charge is 2.34. The third kappa shape index (κ3) is 4.46. The van der Waals surface area contributed by atoms with Gasteiger partial charge in [-0.3, -0.25) is 4.79 Å². The van der Waals surface area contributed by atoms with Gasteiger partial charge in [0.2, 0.25) is 5.91 Å². The molecule has 0 bridgehead atoms. The van der Waals surface area contributed by atoms with Gasteiger partial charge < -0.3 is 20.1 Å². The molecular formula is C12H16N2O5. The second-order valence-electron chi connectivity index (χ2n) is 3.77. The van der Waals surface area contributed by atoms with Gasteiger partial charge in [-0.25, -0.2) is 9.59 Å². The molecule has 1 aliphatic rings. The highest BCUT2D eigenvalue weighted by atomic mass is 16.5. The zero-order valence-electron chi connectivity index (χ0n) is 10.4. The van der Waals surface area contributed by atoms with Crippen molar-refractivity contribution in [2.75, 3.05) is 26.3 Å². The van der Waals surface area contributed by atoms with Crippen LogP contribution in [0.4, 0.5) is 4.79 Å². The fourth-order valence-electron chi connectivity index (χ4n) is 1.38. The van der Waals surface area contributed by atoms with Crippen LogP contribution in [0.5, 0.6) is 0 Å². The van der Waals surface area contributed by atoms with Gasteiger partial charge >= 0.3 is 12.1 Å². The van der Waals surface area contributed by atoms with Gasteiger partial charge in [-0.1, -0.05) is 12.7 Å². The lowest BCUT2D eigenvalue weighted by Crippen LogP contribution is -2.35. The molecule has 0 saturated carbocycles. The Morgan fingerprint density at radius 3 is 2.79 bits per heavy atom. The van der Waals surface area contributed by atoms with Crippen molar-refractivity contribution in [3.05, 3.63) is 24.8 Å². The van der Waals surface area contributed by atoms with E-state index >= 15 is 0 Å². The molecule has 0 spiro atoms. The number of carbonyl (C=O) groups excluding carboxylic acids is 3. The summed E-state index contributed by atoms with van der Waals surface area (Å²) in [5.41, 5.74) is 0.141. The minimum atomic E-state index is -0.665. The number of amides is 2. The summed E-state index contributed by atoms with van der Waals surface area (Å²) in [4.78, 5) is 33.7. The van der Waals surface area contributed by atoms with Crippen LogP contribution in [0, 0.1) is 5.92 Å². The standard InChI is InChI=1S/C12H16N2O5/c1-3-4-14-12(17)18-6-5-13-10(15)9-7-19-11(16)8(9)2/h3,9H,1-2,4-7H2,(H,13,15)(H,14,17). The molecule has 1 aliphatic heterocycles. The van der Waals surface area contributed by atoms with Gasteiger partial charge in [0.1, 0.15) is 19.1 Å². The molecule has 7 heteroatoms. The number of esters is 1. The molecule has 0 aromatic carbocycles. The maximum atomic E-state index is 11.6. The number of rotatable bonds is 6. The van der Waals surface area contributed by atoms with Crippen molar-refractivity contribution in [2.24, 2.45) is 5.92 Å². The minimum Gasteiger partial charge on any atom is -0.461 e. The molecule has 104 valence electrons. The van der Waals surface area contributed by atoms with Crippen LogP contribution in [0.1, 0.15) is 0 Å². The molecule has 7 nitrogen and oxygen atoms in total. The summed E-state index contributed by atoms with van der Waals surface area (Å²) in [6, 6.07) is 0. The molecule has 1 rings (SSSR count). The molecular weight excluding hydrogens is 252 g/mol. The Morgan fingerprint density at radius 1 is 1.47 bits per heavy atom. The van der Waals surface area contributed by atoms with E-state index < -0.39 is 18.0 Å². The first-order valence-corrected chi connectivity index (χ1v) is 5.71. The smallest absolute Gasteiger partial charge is 0.407 e. The summed E-state index contributed by atoms with van der Waals surface area (Å²) in [6.45, 7) is 7.42. The molecule has 1 saturated heterocycles. The first kappa shape index (κ1) is 14.7. The first-order valence-electron chi connectivity index (χ1n) is 5.71. The zero-order valence-corrected chi connectivity index (χ0v) is 10.4. The number of cyclic esters (lactones) is 1. The SMILES string of the molecule is C=CCNC(=O)OCCNC(=O)C1COC(=O)C1=C. The maximum Gasteiger partial charge on any atom is 0.407 e. The summed E-state index contributed by atoms with van der Waals surface area (Å²) in [6.07, 6.45) is 0.934. The lowest BCUT2D eigenvalue weighted by Gasteiger charge is -2.09. The van der Waals surface area contributed by atoms with E-state index in [1.54, 1.807) is 0 Å². The molecule has 0 aliphatic carbocycles. The van der Waals surface area contributed by atoms with Crippen molar-refractivity contribution in [2.45, 2.75) is 0 Å². The van der Waals surface area contributed by atoms with Gasteiger partial charge in [0.15, 0.2) is 0 Å². The summed E-state index contributed by atoms with van der Waals surface area (Å²) in [5, 5.41) is 4.95. The van der Waals surface area contributed by atoms with E-state index in [4.69, 9.17) is 4.74 Å². The van der Waals surface area contributed by atoms with Crippen molar-refractivity contribution in [3.63, 3.8) is 0 Å². The molecule has 2 N–H and O–H groups in total. The number of hydrogen-bond acceptors (Lipinski definition) is 5. The Labute approximate surface area is 110 Å². The van der Waals surface area contributed by atoms with Crippen LogP contribution in [0.15, 0.2) is 24.8 Å². The van der Waals surface area contributed by atoms with Crippen molar-refractivity contribution in [1.82, 2.24) is 10.6 Å². The number of carbonyl (C=O) groups is 3. The van der Waals surface area contributed by atoms with Gasteiger partial charge in [-0.2, -0.15) is 0 Å². The summed E-state index contributed by atoms with van der Waals surface area (Å²) < 4.78 is 9.46. The normalized spacial score (nSPS) is 17.6. The number of ether oxygens (including phenoxy) is 2. The maximum absolute atomic E-state index is 11.6. The van der Waals surface area contributed by atoms with E-state index in [0.29, 0.717) is 6.54 Å². The zero-order chi connectivity index (χ0) is 14.3. The predicted octanol–water partition coefficient (Wildman–Crippen LogP) is -0.256. The van der Waals surface area contributed by atoms with Crippen LogP contribution in [-0.4, -0.2) is 44.3 Å². The Hall–Kier alpha value is -2.31. The average Bonchev–Trinajstić information content (AvgIpc) is 2.72. The third-order valence-corrected chi connectivity index (χ3v) is 2.41. The average molecular weight is 268 g/mol. The van der Waals surface area contributed by atoms with Gasteiger partial charge in [0.05, 0.1) is 6.54 Å². The molecule has 1 heterocycles. The van der Waals surface area contributed by atoms with Gasteiger partial charge in [0.25, 0.3) is 0 Å². The summed E-state index contributed by atoms with van der Waals surface area (Å²) in [7, 11) is 0. The Bertz CT molecular complexity index is 405. The quantitative estimate of drug-likeness (QED) is 0.300. The van der Waals surface area contributed by atoms with E-state index in [1.165, 1.54) is 6.08 Å². The second kappa shape index (κ2) is 7.20. The topological polar surface area (TPSA) is 93.7 Å². The highest BCUT2D eigenvalue weighted by molar-refractivity contribution is 5.99. The van der Waals surface area contributed by atoms with Gasteiger partial charge in [-0.15, -0.1) is 6.58 Å². The Balaban J connectivity index is 2.17. The van der Waals surface area contributed by atoms with Crippen LogP contribution in [-0.2, 0) is 19.1 Å². The van der Waals surface area contributed by atoms with Crippen LogP contribution < -0.4 is 10.6 Å². The second-order valence-corrected chi connectivity index (χ2v) is 3.77. The van der Waals surface area contributed by atoms with E-state index in [1.807, 2.05) is 0 Å². The molecule has 1 unspecified atom stereocenters. The van der Waals surface area contributed by atoms with Crippen LogP contribution in [0.2, 0.25) is 0 Å². The van der Waals surface area contributed by atoms with E-state index in [-0.39, 0.29) is 31.2 Å². The molecule has 19 heavy (non-hydrogen) atoms. The molecule has 0 radical (unpaired) electrons. The summed E-state index contributed by atoms with van der Waals surface area (Å²) in [5.74, 6) is -1.59. The minimum absolute atomic E-state index is 0.00414. The van der Waals surface area contributed by atoms with E-state index in [0.717, 1.165) is 0 Å². The van der Waals surface area contributed by atoms with Crippen molar-refractivity contribution in [1.29, 1.82) is 0 Å². The molecule has 1 fully saturated rings. The van der Waals surface area contributed by atoms with E-state index in [2.05, 4.69) is 28.5 Å². The fraction of sp³-hybridized carbons (Fsp3) is 0.417. The van der Waals surface area contributed by atoms with Gasteiger partial charge in [0, 0.05) is 12.1 Å². The number of alkyl carbamates (subject to hydrolysis) is 1. The lowest BCUT2D eigenvalue weighted by molar-refractivity contribution is -0.135. The molecule has 2 amide bonds. The van der Waals surface area contributed by atoms with Gasteiger partial charge in [-0.05, 0) is 0 Å². The van der Waals surface area contributed by atoms with Crippen LogP contribution >= 0.6 is 0 Å². The Kier molecular flexibility index (Phi) is 5.59. The van der Waals surface area contributed by atoms with E-state index in [9.17, 15) is 14.4 Å². The van der Waals surface area contributed by atoms with Crippen LogP contribution in [0.25, 0.3) is 0 Å². The third-order valence-electron chi connectivity index (χ3n) is 2.41. The van der Waals surface area contributed by atoms with Crippen molar-refractivity contribution < 1.29 is 23.9 Å². The Morgan fingerprint density at radius 2 is 2.21 bits per heavy atom.